The maximum atomic E-state index is 15.8. The van der Waals surface area contributed by atoms with Crippen LogP contribution in [-0.4, -0.2) is 6.15 Å². The smallest absolute Gasteiger partial charge is 0.158 e. The van der Waals surface area contributed by atoms with Crippen LogP contribution in [0.3, 0.4) is 0 Å². The Kier molecular flexibility index (Phi) is 7.47. The van der Waals surface area contributed by atoms with Gasteiger partial charge in [0.1, 0.15) is 29.4 Å². The Bertz CT molecular complexity index is 1500. The van der Waals surface area contributed by atoms with Gasteiger partial charge in [0.25, 0.3) is 0 Å². The molecule has 0 aliphatic carbocycles. The van der Waals surface area contributed by atoms with Crippen molar-refractivity contribution < 1.29 is 52.7 Å². The molecule has 0 amide bonds. The lowest BCUT2D eigenvalue weighted by atomic mass is 9.12. The summed E-state index contributed by atoms with van der Waals surface area (Å²) in [5.74, 6) is -26.3. The van der Waals surface area contributed by atoms with Crippen molar-refractivity contribution in [2.24, 2.45) is 0 Å². The first-order chi connectivity index (χ1) is 19.0. The van der Waals surface area contributed by atoms with Gasteiger partial charge in [-0.2, -0.15) is 0 Å². The average molecular weight is 591 g/mol. The van der Waals surface area contributed by atoms with Crippen molar-refractivity contribution in [3.63, 3.8) is 0 Å². The summed E-state index contributed by atoms with van der Waals surface area (Å²) in [6.07, 6.45) is -5.51. The second-order valence-electron chi connectivity index (χ2n) is 9.73. The highest BCUT2D eigenvalue weighted by atomic mass is 19.2. The molecule has 0 aliphatic rings. The zero-order valence-electron chi connectivity index (χ0n) is 21.4. The molecule has 0 aromatic heterocycles. The highest BCUT2D eigenvalue weighted by molar-refractivity contribution is 7.20. The van der Waals surface area contributed by atoms with E-state index in [-0.39, 0.29) is 24.3 Å². The normalized spacial score (nSPS) is 11.9. The molecule has 0 saturated heterocycles. The van der Waals surface area contributed by atoms with Crippen molar-refractivity contribution in [2.45, 2.75) is 27.7 Å². The van der Waals surface area contributed by atoms with E-state index >= 15 is 35.1 Å². The molecule has 0 atom stereocenters. The highest BCUT2D eigenvalue weighted by Crippen LogP contribution is 2.27. The predicted octanol–water partition coefficient (Wildman–Crippen LogP) is 5.97. The van der Waals surface area contributed by atoms with E-state index in [1.54, 1.807) is 0 Å². The molecule has 4 rings (SSSR count). The third-order valence-corrected chi connectivity index (χ3v) is 7.24. The molecule has 0 N–H and O–H groups in total. The van der Waals surface area contributed by atoms with Crippen molar-refractivity contribution in [3.8, 4) is 0 Å². The van der Waals surface area contributed by atoms with Gasteiger partial charge in [0.05, 0.1) is 23.3 Å². The number of rotatable bonds is 4. The summed E-state index contributed by atoms with van der Waals surface area (Å²) >= 11 is 0. The summed E-state index contributed by atoms with van der Waals surface area (Å²) in [5.41, 5.74) is -11.8. The molecule has 0 unspecified atom stereocenters. The van der Waals surface area contributed by atoms with Gasteiger partial charge in [-0.3, -0.25) is 0 Å². The molecular formula is C28H16BF12-. The minimum absolute atomic E-state index is 0.158. The van der Waals surface area contributed by atoms with Crippen LogP contribution in [0.25, 0.3) is 0 Å². The predicted molar refractivity (Wildman–Crippen MR) is 129 cm³/mol. The Labute approximate surface area is 225 Å². The summed E-state index contributed by atoms with van der Waals surface area (Å²) in [6.45, 7) is 3.19. The number of hydrogen-bond donors (Lipinski definition) is 0. The second-order valence-corrected chi connectivity index (χ2v) is 9.73. The molecule has 0 bridgehead atoms. The first-order valence-electron chi connectivity index (χ1n) is 11.7. The van der Waals surface area contributed by atoms with Gasteiger partial charge < -0.3 is 0 Å². The van der Waals surface area contributed by atoms with Crippen molar-refractivity contribution >= 4 is 28.0 Å². The molecule has 0 nitrogen and oxygen atoms in total. The number of halogens is 12. The van der Waals surface area contributed by atoms with Crippen molar-refractivity contribution in [3.05, 3.63) is 116 Å². The van der Waals surface area contributed by atoms with Crippen molar-refractivity contribution in [1.82, 2.24) is 0 Å². The van der Waals surface area contributed by atoms with E-state index in [0.29, 0.717) is 0 Å². The van der Waals surface area contributed by atoms with E-state index in [9.17, 15) is 17.6 Å². The van der Waals surface area contributed by atoms with Gasteiger partial charge in [-0.05, 0) is 74.2 Å². The van der Waals surface area contributed by atoms with Gasteiger partial charge in [-0.1, -0.05) is 0 Å². The summed E-state index contributed by atoms with van der Waals surface area (Å²) < 4.78 is 186. The van der Waals surface area contributed by atoms with Crippen LogP contribution in [-0.2, 0) is 0 Å². The third-order valence-electron chi connectivity index (χ3n) is 7.24. The molecule has 4 aromatic rings. The quantitative estimate of drug-likeness (QED) is 0.156. The van der Waals surface area contributed by atoms with Crippen LogP contribution in [0.1, 0.15) is 22.3 Å². The summed E-state index contributed by atoms with van der Waals surface area (Å²) in [6, 6.07) is 0.632. The van der Waals surface area contributed by atoms with Gasteiger partial charge in [0.2, 0.25) is 0 Å². The van der Waals surface area contributed by atoms with E-state index in [4.69, 9.17) is 0 Å². The molecular weight excluding hydrogens is 575 g/mol. The van der Waals surface area contributed by atoms with Crippen LogP contribution >= 0.6 is 0 Å². The molecule has 4 aromatic carbocycles. The van der Waals surface area contributed by atoms with Gasteiger partial charge in [0, 0.05) is 0 Å². The molecule has 41 heavy (non-hydrogen) atoms. The second kappa shape index (κ2) is 10.2. The standard InChI is InChI=1S/C28H16BF12/c1-9-5-13(30)17(25(38)21(9)34)29(18-14(31)6-10(2)22(35)26(18)39,19-15(32)7-11(3)23(36)27(19)40)20-16(33)8-12(4)24(37)28(20)41/h5-8H,1-4H3/q-1. The van der Waals surface area contributed by atoms with Gasteiger partial charge in [-0.15, -0.1) is 21.9 Å². The minimum Gasteiger partial charge on any atom is -0.210 e. The van der Waals surface area contributed by atoms with E-state index < -0.39 is 120 Å². The summed E-state index contributed by atoms with van der Waals surface area (Å²) in [4.78, 5) is 0. The highest BCUT2D eigenvalue weighted by Gasteiger charge is 2.48. The molecule has 216 valence electrons. The summed E-state index contributed by atoms with van der Waals surface area (Å²) in [5, 5.41) is 0. The molecule has 0 aliphatic heterocycles. The van der Waals surface area contributed by atoms with Crippen LogP contribution in [0.15, 0.2) is 24.3 Å². The first-order valence-corrected chi connectivity index (χ1v) is 11.7. The average Bonchev–Trinajstić information content (AvgIpc) is 2.87. The zero-order chi connectivity index (χ0) is 30.9. The Morgan fingerprint density at radius 1 is 0.317 bits per heavy atom. The Morgan fingerprint density at radius 2 is 0.488 bits per heavy atom. The minimum atomic E-state index is -5.51. The largest absolute Gasteiger partial charge is 0.210 e. The SMILES string of the molecule is Cc1cc(F)c([B-](c2c(F)cc(C)c(F)c2F)(c2c(F)cc(C)c(F)c2F)c2c(F)cc(C)c(F)c2F)c(F)c1F. The molecule has 0 radical (unpaired) electrons. The van der Waals surface area contributed by atoms with Crippen LogP contribution in [0, 0.1) is 97.5 Å². The van der Waals surface area contributed by atoms with Crippen LogP contribution in [0.2, 0.25) is 0 Å². The molecule has 13 heteroatoms. The van der Waals surface area contributed by atoms with Gasteiger partial charge in [0.15, 0.2) is 23.3 Å². The maximum Gasteiger partial charge on any atom is 0.158 e. The monoisotopic (exact) mass is 591 g/mol. The third kappa shape index (κ3) is 4.19. The van der Waals surface area contributed by atoms with Crippen LogP contribution in [0.5, 0.6) is 0 Å². The van der Waals surface area contributed by atoms with E-state index in [1.165, 1.54) is 0 Å². The molecule has 0 heterocycles. The lowest BCUT2D eigenvalue weighted by molar-refractivity contribution is 0.488. The number of aryl methyl sites for hydroxylation is 4. The van der Waals surface area contributed by atoms with Crippen LogP contribution < -0.4 is 21.9 Å². The molecule has 0 saturated carbocycles. The number of hydrogen-bond acceptors (Lipinski definition) is 0. The van der Waals surface area contributed by atoms with Gasteiger partial charge in [-0.25, -0.2) is 52.7 Å². The van der Waals surface area contributed by atoms with Crippen molar-refractivity contribution in [2.75, 3.05) is 0 Å². The Morgan fingerprint density at radius 3 is 0.659 bits per heavy atom. The van der Waals surface area contributed by atoms with Gasteiger partial charge >= 0.3 is 0 Å². The topological polar surface area (TPSA) is 0 Å². The zero-order valence-corrected chi connectivity index (χ0v) is 21.4. The Hall–Kier alpha value is -3.90. The molecule has 0 spiro atoms. The fourth-order valence-corrected chi connectivity index (χ4v) is 5.36. The fourth-order valence-electron chi connectivity index (χ4n) is 5.36. The first kappa shape index (κ1) is 30.1. The molecule has 0 fully saturated rings. The lowest BCUT2D eigenvalue weighted by Gasteiger charge is -2.45. The van der Waals surface area contributed by atoms with E-state index in [1.807, 2.05) is 0 Å². The summed E-state index contributed by atoms with van der Waals surface area (Å²) in [7, 11) is 0. The van der Waals surface area contributed by atoms with Crippen LogP contribution in [0.4, 0.5) is 52.7 Å². The Balaban J connectivity index is 2.57. The maximum absolute atomic E-state index is 15.8. The van der Waals surface area contributed by atoms with E-state index in [2.05, 4.69) is 0 Å². The van der Waals surface area contributed by atoms with Crippen molar-refractivity contribution in [1.29, 1.82) is 0 Å². The fraction of sp³-hybridized carbons (Fsp3) is 0.143. The number of benzene rings is 4. The lowest BCUT2D eigenvalue weighted by Crippen LogP contribution is -2.80. The van der Waals surface area contributed by atoms with E-state index in [0.717, 1.165) is 27.7 Å².